The van der Waals surface area contributed by atoms with E-state index in [1.807, 2.05) is 12.1 Å². The molecule has 0 aliphatic heterocycles. The molecule has 8 heteroatoms. The fraction of sp³-hybridized carbons (Fsp3) is 0.211. The first-order valence-corrected chi connectivity index (χ1v) is 8.98. The van der Waals surface area contributed by atoms with Crippen LogP contribution in [-0.2, 0) is 14.3 Å². The van der Waals surface area contributed by atoms with Crippen LogP contribution in [0.2, 0.25) is 0 Å². The molecule has 0 saturated heterocycles. The average Bonchev–Trinajstić information content (AvgIpc) is 3.17. The third-order valence-electron chi connectivity index (χ3n) is 3.33. The molecule has 2 N–H and O–H groups in total. The highest BCUT2D eigenvalue weighted by Crippen LogP contribution is 2.13. The van der Waals surface area contributed by atoms with Crippen LogP contribution >= 0.6 is 15.9 Å². The number of benzene rings is 1. The minimum Gasteiger partial charge on any atom is -0.466 e. The molecule has 0 saturated carbocycles. The molecule has 7 nitrogen and oxygen atoms in total. The number of carbonyl (C=O) groups is 3. The molecule has 0 fully saturated rings. The molecule has 2 aromatic rings. The van der Waals surface area contributed by atoms with Gasteiger partial charge in [0.2, 0.25) is 0 Å². The molecule has 0 aliphatic carbocycles. The van der Waals surface area contributed by atoms with E-state index in [9.17, 15) is 14.4 Å². The van der Waals surface area contributed by atoms with Crippen LogP contribution in [0.5, 0.6) is 0 Å². The Hall–Kier alpha value is -2.87. The van der Waals surface area contributed by atoms with Gasteiger partial charge in [-0.15, -0.1) is 0 Å². The van der Waals surface area contributed by atoms with Crippen molar-refractivity contribution in [2.45, 2.75) is 13.3 Å². The van der Waals surface area contributed by atoms with Gasteiger partial charge in [0, 0.05) is 17.9 Å². The summed E-state index contributed by atoms with van der Waals surface area (Å²) in [5, 5.41) is 5.25. The second-order valence-corrected chi connectivity index (χ2v) is 6.41. The van der Waals surface area contributed by atoms with Gasteiger partial charge >= 0.3 is 5.97 Å². The molecule has 2 amide bonds. The second-order valence-electron chi connectivity index (χ2n) is 5.49. The molecule has 0 atom stereocenters. The van der Waals surface area contributed by atoms with Gasteiger partial charge < -0.3 is 19.8 Å². The van der Waals surface area contributed by atoms with Crippen molar-refractivity contribution in [3.8, 4) is 0 Å². The summed E-state index contributed by atoms with van der Waals surface area (Å²) in [6, 6.07) is 10.4. The summed E-state index contributed by atoms with van der Waals surface area (Å²) in [4.78, 5) is 35.4. The molecular weight excluding hydrogens is 416 g/mol. The smallest absolute Gasteiger partial charge is 0.302 e. The van der Waals surface area contributed by atoms with Gasteiger partial charge in [0.15, 0.2) is 5.76 Å². The lowest BCUT2D eigenvalue weighted by Crippen LogP contribution is -2.35. The standard InChI is InChI=1S/C19H19BrN2O5/c1-13(23)26-11-3-9-21-18(24)16(12-14-5-7-15(20)8-6-14)22-19(25)17-4-2-10-27-17/h2,4-8,10,12H,3,9,11H2,1H3,(H,21,24)(H,22,25)/b16-12-. The van der Waals surface area contributed by atoms with Crippen LogP contribution in [0.25, 0.3) is 6.08 Å². The normalized spacial score (nSPS) is 11.0. The number of hydrogen-bond donors (Lipinski definition) is 2. The summed E-state index contributed by atoms with van der Waals surface area (Å²) in [5.74, 6) is -1.26. The van der Waals surface area contributed by atoms with Gasteiger partial charge in [-0.25, -0.2) is 0 Å². The molecule has 1 heterocycles. The SMILES string of the molecule is CC(=O)OCCCNC(=O)/C(=C/c1ccc(Br)cc1)NC(=O)c1ccco1. The van der Waals surface area contributed by atoms with Gasteiger partial charge in [-0.2, -0.15) is 0 Å². The average molecular weight is 435 g/mol. The quantitative estimate of drug-likeness (QED) is 0.378. The third-order valence-corrected chi connectivity index (χ3v) is 3.86. The summed E-state index contributed by atoms with van der Waals surface area (Å²) in [5.41, 5.74) is 0.814. The lowest BCUT2D eigenvalue weighted by Gasteiger charge is -2.10. The van der Waals surface area contributed by atoms with E-state index in [2.05, 4.69) is 26.6 Å². The minimum absolute atomic E-state index is 0.0752. The molecule has 27 heavy (non-hydrogen) atoms. The minimum atomic E-state index is -0.529. The number of hydrogen-bond acceptors (Lipinski definition) is 5. The van der Waals surface area contributed by atoms with E-state index in [-0.39, 0.29) is 24.0 Å². The van der Waals surface area contributed by atoms with Crippen molar-refractivity contribution in [3.05, 3.63) is 64.2 Å². The van der Waals surface area contributed by atoms with Crippen molar-refractivity contribution in [1.82, 2.24) is 10.6 Å². The van der Waals surface area contributed by atoms with Gasteiger partial charge in [-0.1, -0.05) is 28.1 Å². The third kappa shape index (κ3) is 7.10. The lowest BCUT2D eigenvalue weighted by atomic mass is 10.2. The summed E-state index contributed by atoms with van der Waals surface area (Å²) >= 11 is 3.35. The van der Waals surface area contributed by atoms with E-state index in [0.717, 1.165) is 10.0 Å². The zero-order valence-corrected chi connectivity index (χ0v) is 16.2. The van der Waals surface area contributed by atoms with Crippen molar-refractivity contribution < 1.29 is 23.5 Å². The van der Waals surface area contributed by atoms with Crippen LogP contribution in [0.15, 0.2) is 57.2 Å². The number of amides is 2. The second kappa shape index (κ2) is 10.3. The summed E-state index contributed by atoms with van der Waals surface area (Å²) in [7, 11) is 0. The molecule has 0 bridgehead atoms. The largest absolute Gasteiger partial charge is 0.466 e. The van der Waals surface area contributed by atoms with Crippen LogP contribution < -0.4 is 10.6 Å². The highest BCUT2D eigenvalue weighted by atomic mass is 79.9. The van der Waals surface area contributed by atoms with Gasteiger partial charge in [-0.3, -0.25) is 14.4 Å². The van der Waals surface area contributed by atoms with Gasteiger partial charge in [-0.05, 0) is 42.3 Å². The number of furan rings is 1. The molecule has 2 rings (SSSR count). The first kappa shape index (κ1) is 20.4. The van der Waals surface area contributed by atoms with Crippen molar-refractivity contribution in [2.75, 3.05) is 13.2 Å². The van der Waals surface area contributed by atoms with E-state index >= 15 is 0 Å². The molecule has 0 radical (unpaired) electrons. The van der Waals surface area contributed by atoms with Gasteiger partial charge in [0.25, 0.3) is 11.8 Å². The van der Waals surface area contributed by atoms with Crippen molar-refractivity contribution in [1.29, 1.82) is 0 Å². The Morgan fingerprint density at radius 1 is 1.19 bits per heavy atom. The Kier molecular flexibility index (Phi) is 7.81. The van der Waals surface area contributed by atoms with E-state index < -0.39 is 11.8 Å². The van der Waals surface area contributed by atoms with Crippen LogP contribution in [0, 0.1) is 0 Å². The maximum atomic E-state index is 12.5. The highest BCUT2D eigenvalue weighted by molar-refractivity contribution is 9.10. The Morgan fingerprint density at radius 3 is 2.56 bits per heavy atom. The predicted octanol–water partition coefficient (Wildman–Crippen LogP) is 2.88. The Morgan fingerprint density at radius 2 is 1.93 bits per heavy atom. The van der Waals surface area contributed by atoms with E-state index in [1.165, 1.54) is 19.3 Å². The van der Waals surface area contributed by atoms with Crippen LogP contribution in [0.4, 0.5) is 0 Å². The van der Waals surface area contributed by atoms with Crippen LogP contribution in [0.1, 0.15) is 29.5 Å². The number of ether oxygens (including phenoxy) is 1. The Bertz CT molecular complexity index is 813. The molecular formula is C19H19BrN2O5. The lowest BCUT2D eigenvalue weighted by molar-refractivity contribution is -0.140. The van der Waals surface area contributed by atoms with Crippen LogP contribution in [-0.4, -0.2) is 30.9 Å². The molecule has 0 aliphatic rings. The maximum absolute atomic E-state index is 12.5. The van der Waals surface area contributed by atoms with Crippen LogP contribution in [0.3, 0.4) is 0 Å². The summed E-state index contributed by atoms with van der Waals surface area (Å²) in [6.07, 6.45) is 3.40. The fourth-order valence-electron chi connectivity index (χ4n) is 2.06. The Labute approximate surface area is 164 Å². The summed E-state index contributed by atoms with van der Waals surface area (Å²) in [6.45, 7) is 1.82. The molecule has 1 aromatic carbocycles. The van der Waals surface area contributed by atoms with E-state index in [1.54, 1.807) is 24.3 Å². The number of rotatable bonds is 8. The van der Waals surface area contributed by atoms with Crippen molar-refractivity contribution in [2.24, 2.45) is 0 Å². The van der Waals surface area contributed by atoms with Crippen molar-refractivity contribution >= 4 is 39.8 Å². The number of carbonyl (C=O) groups excluding carboxylic acids is 3. The number of nitrogens with one attached hydrogen (secondary N) is 2. The van der Waals surface area contributed by atoms with Gasteiger partial charge in [0.05, 0.1) is 12.9 Å². The Balaban J connectivity index is 2.06. The van der Waals surface area contributed by atoms with Gasteiger partial charge in [0.1, 0.15) is 5.70 Å². The van der Waals surface area contributed by atoms with E-state index in [4.69, 9.17) is 9.15 Å². The first-order valence-electron chi connectivity index (χ1n) is 8.19. The molecule has 142 valence electrons. The maximum Gasteiger partial charge on any atom is 0.302 e. The topological polar surface area (TPSA) is 97.6 Å². The van der Waals surface area contributed by atoms with Crippen molar-refractivity contribution in [3.63, 3.8) is 0 Å². The zero-order valence-electron chi connectivity index (χ0n) is 14.7. The molecule has 1 aromatic heterocycles. The summed E-state index contributed by atoms with van der Waals surface area (Å²) < 4.78 is 10.8. The predicted molar refractivity (Wildman–Crippen MR) is 103 cm³/mol. The number of halogens is 1. The first-order chi connectivity index (χ1) is 13.0. The highest BCUT2D eigenvalue weighted by Gasteiger charge is 2.16. The number of esters is 1. The zero-order chi connectivity index (χ0) is 19.6. The molecule has 0 unspecified atom stereocenters. The monoisotopic (exact) mass is 434 g/mol. The molecule has 0 spiro atoms. The van der Waals surface area contributed by atoms with E-state index in [0.29, 0.717) is 13.0 Å². The fourth-order valence-corrected chi connectivity index (χ4v) is 2.33.